The third kappa shape index (κ3) is 7.59. The van der Waals surface area contributed by atoms with Crippen molar-refractivity contribution < 1.29 is 18.7 Å². The van der Waals surface area contributed by atoms with Crippen LogP contribution in [0, 0.1) is 5.82 Å². The van der Waals surface area contributed by atoms with E-state index in [1.165, 1.54) is 17.0 Å². The van der Waals surface area contributed by atoms with Crippen molar-refractivity contribution in [2.45, 2.75) is 38.9 Å². The van der Waals surface area contributed by atoms with Crippen molar-refractivity contribution in [1.82, 2.24) is 10.2 Å². The molecule has 0 aliphatic carbocycles. The molecule has 0 saturated heterocycles. The zero-order valence-corrected chi connectivity index (χ0v) is 20.0. The lowest BCUT2D eigenvalue weighted by Gasteiger charge is -2.32. The Bertz CT molecular complexity index is 1070. The molecule has 0 aliphatic rings. The summed E-state index contributed by atoms with van der Waals surface area (Å²) >= 11 is 5.92. The molecule has 3 rings (SSSR count). The second-order valence-corrected chi connectivity index (χ2v) is 8.70. The minimum atomic E-state index is -0.781. The first kappa shape index (κ1) is 25.2. The van der Waals surface area contributed by atoms with Gasteiger partial charge in [-0.1, -0.05) is 54.1 Å². The van der Waals surface area contributed by atoms with Crippen molar-refractivity contribution >= 4 is 23.4 Å². The van der Waals surface area contributed by atoms with Gasteiger partial charge in [-0.15, -0.1) is 0 Å². The van der Waals surface area contributed by atoms with Gasteiger partial charge in [0.05, 0.1) is 0 Å². The molecule has 0 heterocycles. The van der Waals surface area contributed by atoms with Crippen molar-refractivity contribution in [1.29, 1.82) is 0 Å². The van der Waals surface area contributed by atoms with Crippen molar-refractivity contribution in [3.05, 3.63) is 101 Å². The van der Waals surface area contributed by atoms with Crippen LogP contribution in [0.5, 0.6) is 5.75 Å². The van der Waals surface area contributed by atoms with E-state index in [0.29, 0.717) is 22.8 Å². The molecule has 0 spiro atoms. The molecule has 0 radical (unpaired) electrons. The van der Waals surface area contributed by atoms with Crippen LogP contribution in [-0.4, -0.2) is 35.4 Å². The van der Waals surface area contributed by atoms with Crippen LogP contribution in [-0.2, 0) is 22.6 Å². The second kappa shape index (κ2) is 12.2. The Hall–Kier alpha value is -3.38. The summed E-state index contributed by atoms with van der Waals surface area (Å²) in [5.74, 6) is -0.503. The summed E-state index contributed by atoms with van der Waals surface area (Å²) in [7, 11) is 0. The van der Waals surface area contributed by atoms with E-state index in [1.807, 2.05) is 44.2 Å². The molecule has 0 aliphatic heterocycles. The van der Waals surface area contributed by atoms with Crippen LogP contribution in [0.25, 0.3) is 0 Å². The number of nitrogens with zero attached hydrogens (tertiary/aromatic N) is 1. The summed E-state index contributed by atoms with van der Waals surface area (Å²) in [6, 6.07) is 21.2. The molecule has 1 atom stereocenters. The second-order valence-electron chi connectivity index (χ2n) is 8.26. The highest BCUT2D eigenvalue weighted by Gasteiger charge is 2.31. The molecule has 2 amide bonds. The predicted octanol–water partition coefficient (Wildman–Crippen LogP) is 5.02. The number of ether oxygens (including phenoxy) is 1. The van der Waals surface area contributed by atoms with Crippen LogP contribution >= 0.6 is 11.6 Å². The van der Waals surface area contributed by atoms with Crippen LogP contribution in [0.2, 0.25) is 5.02 Å². The maximum absolute atomic E-state index is 13.5. The number of halogens is 2. The maximum atomic E-state index is 13.5. The van der Waals surface area contributed by atoms with Crippen molar-refractivity contribution in [2.75, 3.05) is 6.61 Å². The van der Waals surface area contributed by atoms with E-state index in [1.54, 1.807) is 36.4 Å². The van der Waals surface area contributed by atoms with Gasteiger partial charge < -0.3 is 15.0 Å². The molecule has 7 heteroatoms. The van der Waals surface area contributed by atoms with Crippen LogP contribution in [0.15, 0.2) is 78.9 Å². The van der Waals surface area contributed by atoms with Gasteiger partial charge in [-0.25, -0.2) is 4.39 Å². The van der Waals surface area contributed by atoms with Gasteiger partial charge in [0.15, 0.2) is 6.61 Å². The fourth-order valence-corrected chi connectivity index (χ4v) is 3.61. The summed E-state index contributed by atoms with van der Waals surface area (Å²) in [6.07, 6.45) is 0.327. The molecule has 1 N–H and O–H groups in total. The number of benzene rings is 3. The monoisotopic (exact) mass is 482 g/mol. The lowest BCUT2D eigenvalue weighted by molar-refractivity contribution is -0.143. The van der Waals surface area contributed by atoms with E-state index in [4.69, 9.17) is 16.3 Å². The Balaban J connectivity index is 1.89. The lowest BCUT2D eigenvalue weighted by Crippen LogP contribution is -2.52. The molecule has 178 valence electrons. The molecule has 0 bridgehead atoms. The lowest BCUT2D eigenvalue weighted by atomic mass is 10.0. The smallest absolute Gasteiger partial charge is 0.261 e. The highest BCUT2D eigenvalue weighted by atomic mass is 35.5. The zero-order chi connectivity index (χ0) is 24.5. The molecule has 3 aromatic rings. The topological polar surface area (TPSA) is 58.6 Å². The van der Waals surface area contributed by atoms with Crippen LogP contribution in [0.1, 0.15) is 25.0 Å². The van der Waals surface area contributed by atoms with Gasteiger partial charge >= 0.3 is 0 Å². The Morgan fingerprint density at radius 1 is 0.941 bits per heavy atom. The Morgan fingerprint density at radius 2 is 1.59 bits per heavy atom. The summed E-state index contributed by atoms with van der Waals surface area (Å²) in [5.41, 5.74) is 1.62. The van der Waals surface area contributed by atoms with Gasteiger partial charge in [-0.05, 0) is 61.4 Å². The normalized spacial score (nSPS) is 11.7. The van der Waals surface area contributed by atoms with Crippen LogP contribution in [0.3, 0.4) is 0 Å². The molecule has 34 heavy (non-hydrogen) atoms. The van der Waals surface area contributed by atoms with Gasteiger partial charge in [0.2, 0.25) is 5.91 Å². The molecule has 0 saturated carbocycles. The minimum absolute atomic E-state index is 0.0983. The number of amides is 2. The van der Waals surface area contributed by atoms with Crippen LogP contribution < -0.4 is 10.1 Å². The molecular weight excluding hydrogens is 455 g/mol. The van der Waals surface area contributed by atoms with Gasteiger partial charge in [-0.2, -0.15) is 0 Å². The van der Waals surface area contributed by atoms with E-state index in [-0.39, 0.29) is 36.8 Å². The highest BCUT2D eigenvalue weighted by Crippen LogP contribution is 2.18. The standard InChI is InChI=1S/C27H28ClFN2O3/c1-19(2)30-27(33)25(16-20-6-4-3-5-7-20)31(17-21-8-12-23(29)13-9-21)26(32)18-34-24-14-10-22(28)11-15-24/h3-15,19,25H,16-18H2,1-2H3,(H,30,33)/t25-/m1/s1. The SMILES string of the molecule is CC(C)NC(=O)[C@@H](Cc1ccccc1)N(Cc1ccc(F)cc1)C(=O)COc1ccc(Cl)cc1. The van der Waals surface area contributed by atoms with Crippen molar-refractivity contribution in [3.8, 4) is 5.75 Å². The Morgan fingerprint density at radius 3 is 2.21 bits per heavy atom. The third-order valence-corrected chi connectivity index (χ3v) is 5.40. The summed E-state index contributed by atoms with van der Waals surface area (Å²) in [6.45, 7) is 3.61. The molecule has 0 fully saturated rings. The first-order valence-electron chi connectivity index (χ1n) is 11.1. The third-order valence-electron chi connectivity index (χ3n) is 5.14. The summed E-state index contributed by atoms with van der Waals surface area (Å²) < 4.78 is 19.1. The number of hydrogen-bond acceptors (Lipinski definition) is 3. The first-order chi connectivity index (χ1) is 16.3. The van der Waals surface area contributed by atoms with Gasteiger partial charge in [0.25, 0.3) is 5.91 Å². The molecular formula is C27H28ClFN2O3. The number of nitrogens with one attached hydrogen (secondary N) is 1. The van der Waals surface area contributed by atoms with E-state index in [2.05, 4.69) is 5.32 Å². The number of carbonyl (C=O) groups excluding carboxylic acids is 2. The average Bonchev–Trinajstić information content (AvgIpc) is 2.82. The van der Waals surface area contributed by atoms with E-state index in [0.717, 1.165) is 5.56 Å². The number of rotatable bonds is 10. The van der Waals surface area contributed by atoms with Crippen molar-refractivity contribution in [2.24, 2.45) is 0 Å². The quantitative estimate of drug-likeness (QED) is 0.441. The summed E-state index contributed by atoms with van der Waals surface area (Å²) in [5, 5.41) is 3.49. The van der Waals surface area contributed by atoms with Gasteiger partial charge in [-0.3, -0.25) is 9.59 Å². The Kier molecular flexibility index (Phi) is 9.05. The first-order valence-corrected chi connectivity index (χ1v) is 11.5. The zero-order valence-electron chi connectivity index (χ0n) is 19.2. The largest absolute Gasteiger partial charge is 0.484 e. The predicted molar refractivity (Wildman–Crippen MR) is 131 cm³/mol. The molecule has 5 nitrogen and oxygen atoms in total. The minimum Gasteiger partial charge on any atom is -0.484 e. The van der Waals surface area contributed by atoms with Crippen molar-refractivity contribution in [3.63, 3.8) is 0 Å². The maximum Gasteiger partial charge on any atom is 0.261 e. The molecule has 0 aromatic heterocycles. The highest BCUT2D eigenvalue weighted by molar-refractivity contribution is 6.30. The molecule has 0 unspecified atom stereocenters. The van der Waals surface area contributed by atoms with Gasteiger partial charge in [0.1, 0.15) is 17.6 Å². The number of carbonyl (C=O) groups is 2. The Labute approximate surface area is 204 Å². The van der Waals surface area contributed by atoms with E-state index < -0.39 is 6.04 Å². The molecule has 3 aromatic carbocycles. The number of hydrogen-bond donors (Lipinski definition) is 1. The van der Waals surface area contributed by atoms with Gasteiger partial charge in [0, 0.05) is 24.0 Å². The average molecular weight is 483 g/mol. The van der Waals surface area contributed by atoms with E-state index >= 15 is 0 Å². The van der Waals surface area contributed by atoms with E-state index in [9.17, 15) is 14.0 Å². The summed E-state index contributed by atoms with van der Waals surface area (Å²) in [4.78, 5) is 28.1. The fourth-order valence-electron chi connectivity index (χ4n) is 3.48. The fraction of sp³-hybridized carbons (Fsp3) is 0.259. The van der Waals surface area contributed by atoms with Crippen LogP contribution in [0.4, 0.5) is 4.39 Å².